The first-order valence-corrected chi connectivity index (χ1v) is 14.8. The molecule has 1 fully saturated rings. The third-order valence-electron chi connectivity index (χ3n) is 6.45. The molecule has 4 heterocycles. The monoisotopic (exact) mass is 622 g/mol. The van der Waals surface area contributed by atoms with Crippen LogP contribution < -0.4 is 4.74 Å². The molecule has 0 saturated carbocycles. The Balaban J connectivity index is 1.41. The summed E-state index contributed by atoms with van der Waals surface area (Å²) in [6.45, 7) is 0.408. The fraction of sp³-hybridized carbons (Fsp3) is 0.308. The molecule has 0 bridgehead atoms. The quantitative estimate of drug-likeness (QED) is 0.253. The van der Waals surface area contributed by atoms with Crippen molar-refractivity contribution in [2.75, 3.05) is 26.8 Å². The van der Waals surface area contributed by atoms with Gasteiger partial charge in [0.05, 0.1) is 13.7 Å². The van der Waals surface area contributed by atoms with E-state index in [9.17, 15) is 13.9 Å². The summed E-state index contributed by atoms with van der Waals surface area (Å²) in [7, 11) is 3.14. The first-order valence-electron chi connectivity index (χ1n) is 11.5. The molecule has 1 aliphatic heterocycles. The summed E-state index contributed by atoms with van der Waals surface area (Å²) >= 11 is 2.24. The number of hydrogen-bond acceptors (Lipinski definition) is 6. The minimum Gasteiger partial charge on any atom is -0.481 e. The van der Waals surface area contributed by atoms with Crippen LogP contribution in [0.5, 0.6) is 5.88 Å². The molecule has 1 aliphatic rings. The second-order valence-corrected chi connectivity index (χ2v) is 10.8. The summed E-state index contributed by atoms with van der Waals surface area (Å²) in [6, 6.07) is 13.9. The Labute approximate surface area is 224 Å². The van der Waals surface area contributed by atoms with Gasteiger partial charge in [0.2, 0.25) is 5.88 Å². The van der Waals surface area contributed by atoms with Gasteiger partial charge < -0.3 is 9.84 Å². The number of ether oxygens (including phenoxy) is 1. The van der Waals surface area contributed by atoms with Crippen LogP contribution >= 0.6 is 30.3 Å². The molecule has 36 heavy (non-hydrogen) atoms. The van der Waals surface area contributed by atoms with E-state index in [1.807, 2.05) is 46.6 Å². The highest BCUT2D eigenvalue weighted by Crippen LogP contribution is 2.36. The molecule has 1 unspecified atom stereocenters. The number of nitrogens with zero attached hydrogens (tertiary/aromatic N) is 4. The third-order valence-corrected chi connectivity index (χ3v) is 8.15. The van der Waals surface area contributed by atoms with Crippen molar-refractivity contribution in [1.82, 2.24) is 18.8 Å². The first-order chi connectivity index (χ1) is 17.4. The number of fused-ring (bicyclic) bond motifs is 1. The molecular weight excluding hydrogens is 597 g/mol. The van der Waals surface area contributed by atoms with Gasteiger partial charge in [-0.2, -0.15) is 0 Å². The molecule has 1 saturated heterocycles. The zero-order valence-corrected chi connectivity index (χ0v) is 22.5. The predicted molar refractivity (Wildman–Crippen MR) is 147 cm³/mol. The van der Waals surface area contributed by atoms with Crippen molar-refractivity contribution in [2.45, 2.75) is 18.9 Å². The van der Waals surface area contributed by atoms with Crippen LogP contribution in [-0.2, 0) is 6.54 Å². The average Bonchev–Trinajstić information content (AvgIpc) is 3.26. The van der Waals surface area contributed by atoms with Crippen LogP contribution in [0.1, 0.15) is 12.0 Å². The lowest BCUT2D eigenvalue weighted by atomic mass is 9.95. The lowest BCUT2D eigenvalue weighted by Crippen LogP contribution is -2.47. The number of benzene rings is 1. The number of methoxy groups -OCH3 is 1. The molecule has 3 aromatic heterocycles. The Hall–Kier alpha value is -2.28. The van der Waals surface area contributed by atoms with Gasteiger partial charge in [0.1, 0.15) is 0 Å². The van der Waals surface area contributed by atoms with E-state index < -0.39 is 11.8 Å². The number of aliphatic hydroxyl groups is 1. The van der Waals surface area contributed by atoms with Crippen LogP contribution in [0.4, 0.5) is 8.78 Å². The summed E-state index contributed by atoms with van der Waals surface area (Å²) in [5.41, 5.74) is 5.79. The largest absolute Gasteiger partial charge is 0.481 e. The molecule has 1 aromatic carbocycles. The molecule has 4 aromatic rings. The smallest absolute Gasteiger partial charge is 0.260 e. The standard InChI is InChI=1S/C26H25F2IN4O2S/c1-35-24-7-6-20(10-30-24)23-14-33(36-29)25-22(23)8-21(11-31-25)19-4-2-17(3-5-19)12-32-13-18(15-34)9-26(27,28)16-32/h2-8,10-11,14,18,34H,9,12-13,15-16H2,1H3. The zero-order valence-electron chi connectivity index (χ0n) is 19.6. The molecular formula is C26H25F2IN4O2S. The van der Waals surface area contributed by atoms with Crippen LogP contribution in [-0.4, -0.2) is 56.7 Å². The van der Waals surface area contributed by atoms with Gasteiger partial charge in [0.15, 0.2) is 5.65 Å². The van der Waals surface area contributed by atoms with Gasteiger partial charge >= 0.3 is 0 Å². The fourth-order valence-electron chi connectivity index (χ4n) is 4.79. The molecule has 188 valence electrons. The van der Waals surface area contributed by atoms with Crippen LogP contribution in [0.2, 0.25) is 0 Å². The van der Waals surface area contributed by atoms with Crippen molar-refractivity contribution in [2.24, 2.45) is 5.92 Å². The van der Waals surface area contributed by atoms with E-state index in [-0.39, 0.29) is 19.6 Å². The van der Waals surface area contributed by atoms with Crippen molar-refractivity contribution in [3.8, 4) is 28.1 Å². The number of rotatable bonds is 7. The molecule has 1 N–H and O–H groups in total. The number of alkyl halides is 2. The average molecular weight is 622 g/mol. The van der Waals surface area contributed by atoms with Gasteiger partial charge in [-0.05, 0) is 23.3 Å². The van der Waals surface area contributed by atoms with E-state index in [2.05, 4.69) is 38.5 Å². The maximum absolute atomic E-state index is 14.1. The van der Waals surface area contributed by atoms with Crippen LogP contribution in [0.15, 0.2) is 61.1 Å². The molecule has 5 rings (SSSR count). The van der Waals surface area contributed by atoms with Gasteiger partial charge in [0.25, 0.3) is 5.92 Å². The summed E-state index contributed by atoms with van der Waals surface area (Å²) in [5.74, 6) is -2.60. The summed E-state index contributed by atoms with van der Waals surface area (Å²) in [5, 5.41) is 10.4. The summed E-state index contributed by atoms with van der Waals surface area (Å²) in [6.07, 6.45) is 5.45. The number of aliphatic hydroxyl groups excluding tert-OH is 1. The van der Waals surface area contributed by atoms with Crippen molar-refractivity contribution >= 4 is 41.4 Å². The molecule has 0 aliphatic carbocycles. The minimum absolute atomic E-state index is 0.215. The predicted octanol–water partition coefficient (Wildman–Crippen LogP) is 6.07. The van der Waals surface area contributed by atoms with Gasteiger partial charge in [-0.3, -0.25) is 8.87 Å². The first kappa shape index (κ1) is 25.4. The normalized spacial score (nSPS) is 18.0. The summed E-state index contributed by atoms with van der Waals surface area (Å²) in [4.78, 5) is 10.8. The van der Waals surface area contributed by atoms with E-state index >= 15 is 0 Å². The fourth-order valence-corrected chi connectivity index (χ4v) is 6.05. The second-order valence-electron chi connectivity index (χ2n) is 9.10. The molecule has 10 heteroatoms. The molecule has 0 radical (unpaired) electrons. The van der Waals surface area contributed by atoms with Gasteiger partial charge in [0, 0.05) is 109 Å². The van der Waals surface area contributed by atoms with E-state index in [1.54, 1.807) is 27.3 Å². The Bertz CT molecular complexity index is 1350. The lowest BCUT2D eigenvalue weighted by molar-refractivity contribution is -0.0940. The maximum atomic E-state index is 14.1. The van der Waals surface area contributed by atoms with Crippen molar-refractivity contribution < 1.29 is 18.6 Å². The topological polar surface area (TPSA) is 63.4 Å². The Morgan fingerprint density at radius 1 is 1.11 bits per heavy atom. The Morgan fingerprint density at radius 2 is 1.86 bits per heavy atom. The van der Waals surface area contributed by atoms with E-state index in [0.29, 0.717) is 19.0 Å². The lowest BCUT2D eigenvalue weighted by Gasteiger charge is -2.36. The molecule has 6 nitrogen and oxygen atoms in total. The van der Waals surface area contributed by atoms with Gasteiger partial charge in [-0.25, -0.2) is 18.7 Å². The minimum atomic E-state index is -2.77. The maximum Gasteiger partial charge on any atom is 0.260 e. The number of hydrogen-bond donors (Lipinski definition) is 1. The zero-order chi connectivity index (χ0) is 25.3. The van der Waals surface area contributed by atoms with Crippen LogP contribution in [0, 0.1) is 5.92 Å². The van der Waals surface area contributed by atoms with Crippen molar-refractivity contribution in [3.05, 3.63) is 66.6 Å². The highest BCUT2D eigenvalue weighted by molar-refractivity contribution is 14.2. The van der Waals surface area contributed by atoms with E-state index in [1.165, 1.54) is 0 Å². The van der Waals surface area contributed by atoms with Crippen LogP contribution in [0.3, 0.4) is 0 Å². The van der Waals surface area contributed by atoms with Crippen molar-refractivity contribution in [3.63, 3.8) is 0 Å². The van der Waals surface area contributed by atoms with E-state index in [4.69, 9.17) is 9.72 Å². The SMILES string of the molecule is COc1ccc(-c2cn(SI)c3ncc(-c4ccc(CN5CC(CO)CC(F)(F)C5)cc4)cc23)cn1. The third kappa shape index (κ3) is 5.36. The van der Waals surface area contributed by atoms with Gasteiger partial charge in [-0.15, -0.1) is 0 Å². The second kappa shape index (κ2) is 10.6. The van der Waals surface area contributed by atoms with Crippen molar-refractivity contribution in [1.29, 1.82) is 0 Å². The number of pyridine rings is 2. The number of likely N-dealkylation sites (tertiary alicyclic amines) is 1. The highest BCUT2D eigenvalue weighted by atomic mass is 127. The molecule has 1 atom stereocenters. The highest BCUT2D eigenvalue weighted by Gasteiger charge is 2.39. The number of aromatic nitrogens is 3. The Morgan fingerprint density at radius 3 is 2.53 bits per heavy atom. The molecule has 0 spiro atoms. The van der Waals surface area contributed by atoms with Crippen LogP contribution in [0.25, 0.3) is 33.3 Å². The summed E-state index contributed by atoms with van der Waals surface area (Å²) < 4.78 is 35.3. The molecule has 0 amide bonds. The number of piperidine rings is 1. The number of halogens is 3. The Kier molecular flexibility index (Phi) is 7.47. The van der Waals surface area contributed by atoms with E-state index in [0.717, 1.165) is 38.9 Å². The van der Waals surface area contributed by atoms with Gasteiger partial charge in [-0.1, -0.05) is 24.3 Å².